The van der Waals surface area contributed by atoms with Crippen molar-refractivity contribution in [3.05, 3.63) is 124 Å². The van der Waals surface area contributed by atoms with E-state index < -0.39 is 23.7 Å². The van der Waals surface area contributed by atoms with Crippen LogP contribution in [0.15, 0.2) is 123 Å². The smallest absolute Gasteiger partial charge is 0.238 e. The summed E-state index contributed by atoms with van der Waals surface area (Å²) in [5.74, 6) is -3.02. The molecule has 0 saturated carbocycles. The molecule has 9 heteroatoms. The van der Waals surface area contributed by atoms with Crippen molar-refractivity contribution in [2.75, 3.05) is 4.90 Å². The van der Waals surface area contributed by atoms with Crippen molar-refractivity contribution in [1.82, 2.24) is 4.98 Å². The lowest BCUT2D eigenvalue weighted by molar-refractivity contribution is -0.123. The van der Waals surface area contributed by atoms with Crippen LogP contribution < -0.4 is 4.90 Å². The third kappa shape index (κ3) is 4.10. The molecule has 1 fully saturated rings. The first-order valence-electron chi connectivity index (χ1n) is 15.7. The van der Waals surface area contributed by atoms with Crippen LogP contribution in [0.1, 0.15) is 24.3 Å². The van der Waals surface area contributed by atoms with Gasteiger partial charge in [-0.25, -0.2) is 4.98 Å². The van der Waals surface area contributed by atoms with E-state index in [2.05, 4.69) is 20.9 Å². The van der Waals surface area contributed by atoms with Crippen molar-refractivity contribution in [3.8, 4) is 17.2 Å². The van der Waals surface area contributed by atoms with Gasteiger partial charge >= 0.3 is 0 Å². The number of phenols is 1. The lowest BCUT2D eigenvalue weighted by Gasteiger charge is -2.42. The number of para-hydroxylation sites is 2. The molecule has 4 aromatic carbocycles. The first-order chi connectivity index (χ1) is 23.3. The molecule has 5 aromatic rings. The molecule has 1 saturated heterocycles. The molecule has 9 rings (SSSR count). The fourth-order valence-corrected chi connectivity index (χ4v) is 8.57. The second kappa shape index (κ2) is 10.6. The molecule has 234 valence electrons. The zero-order valence-corrected chi connectivity index (χ0v) is 26.8. The molecular weight excluding hydrogens is 672 g/mol. The van der Waals surface area contributed by atoms with Crippen molar-refractivity contribution < 1.29 is 28.7 Å². The number of carbonyl (C=O) groups excluding carboxylic acids is 4. The fraction of sp³-hybridized carbons (Fsp3) is 0.154. The second-order valence-corrected chi connectivity index (χ2v) is 13.5. The largest absolute Gasteiger partial charge is 0.507 e. The van der Waals surface area contributed by atoms with E-state index in [0.717, 1.165) is 22.0 Å². The molecule has 4 aliphatic rings. The van der Waals surface area contributed by atoms with Crippen LogP contribution >= 0.6 is 15.9 Å². The van der Waals surface area contributed by atoms with Crippen LogP contribution in [0, 0.1) is 17.8 Å². The molecule has 48 heavy (non-hydrogen) atoms. The lowest BCUT2D eigenvalue weighted by Crippen LogP contribution is -2.39. The second-order valence-electron chi connectivity index (χ2n) is 12.7. The number of carbonyl (C=O) groups is 4. The van der Waals surface area contributed by atoms with Gasteiger partial charge in [-0.05, 0) is 88.1 Å². The predicted molar refractivity (Wildman–Crippen MR) is 182 cm³/mol. The van der Waals surface area contributed by atoms with Gasteiger partial charge in [-0.15, -0.1) is 0 Å². The maximum atomic E-state index is 14.4. The quantitative estimate of drug-likeness (QED) is 0.119. The van der Waals surface area contributed by atoms with Gasteiger partial charge in [-0.1, -0.05) is 54.1 Å². The van der Waals surface area contributed by atoms with E-state index in [9.17, 15) is 24.3 Å². The number of amides is 2. The lowest BCUT2D eigenvalue weighted by atomic mass is 9.59. The maximum absolute atomic E-state index is 14.4. The number of fused-ring (bicyclic) bond motifs is 5. The summed E-state index contributed by atoms with van der Waals surface area (Å²) in [5.41, 5.74) is 4.94. The fourth-order valence-electron chi connectivity index (χ4n) is 8.12. The standard InChI is InChI=1S/C39H25BrN2O6/c40-28-18-31(44)35-27(36(28)45)17-26-24(33(35)23-15-16-30(43)22-6-2-1-5-21(22)23)13-14-25-34(26)39(47)42(38(25)46)20-11-9-19(10-12-20)37-41-29-7-3-4-8-32(29)48-37/h1-13,15-16,18,25-26,33-34,43H,14,17H2. The number of phenolic OH excluding ortho intramolecular Hbond substituents is 1. The maximum Gasteiger partial charge on any atom is 0.238 e. The van der Waals surface area contributed by atoms with Gasteiger partial charge < -0.3 is 9.52 Å². The normalized spacial score (nSPS) is 23.7. The number of aromatic nitrogens is 1. The van der Waals surface area contributed by atoms with Crippen molar-refractivity contribution in [2.45, 2.75) is 18.8 Å². The number of halogens is 1. The summed E-state index contributed by atoms with van der Waals surface area (Å²) in [6, 6.07) is 25.3. The molecule has 8 nitrogen and oxygen atoms in total. The van der Waals surface area contributed by atoms with Gasteiger partial charge in [0.1, 0.15) is 11.3 Å². The highest BCUT2D eigenvalue weighted by molar-refractivity contribution is 9.12. The first kappa shape index (κ1) is 28.8. The Labute approximate surface area is 282 Å². The predicted octanol–water partition coefficient (Wildman–Crippen LogP) is 7.32. The Morgan fingerprint density at radius 1 is 0.833 bits per heavy atom. The molecule has 0 spiro atoms. The van der Waals surface area contributed by atoms with E-state index in [-0.39, 0.29) is 40.0 Å². The van der Waals surface area contributed by atoms with Gasteiger partial charge in [0, 0.05) is 34.1 Å². The number of aromatic hydroxyl groups is 1. The monoisotopic (exact) mass is 696 g/mol. The summed E-state index contributed by atoms with van der Waals surface area (Å²) in [5, 5.41) is 12.0. The zero-order chi connectivity index (χ0) is 32.8. The van der Waals surface area contributed by atoms with Gasteiger partial charge in [-0.3, -0.25) is 24.1 Å². The number of oxazole rings is 1. The number of ketones is 2. The van der Waals surface area contributed by atoms with Gasteiger partial charge in [-0.2, -0.15) is 0 Å². The van der Waals surface area contributed by atoms with Crippen LogP contribution in [0.3, 0.4) is 0 Å². The highest BCUT2D eigenvalue weighted by Gasteiger charge is 2.56. The summed E-state index contributed by atoms with van der Waals surface area (Å²) in [7, 11) is 0. The van der Waals surface area contributed by atoms with Crippen molar-refractivity contribution in [2.24, 2.45) is 17.8 Å². The van der Waals surface area contributed by atoms with Gasteiger partial charge in [0.25, 0.3) is 0 Å². The van der Waals surface area contributed by atoms with E-state index in [1.165, 1.54) is 11.0 Å². The van der Waals surface area contributed by atoms with Crippen LogP contribution in [0.25, 0.3) is 33.3 Å². The average molecular weight is 698 g/mol. The number of nitrogens with zero attached hydrogens (tertiary/aromatic N) is 2. The first-order valence-corrected chi connectivity index (χ1v) is 16.5. The molecule has 1 N–H and O–H groups in total. The third-order valence-electron chi connectivity index (χ3n) is 10.2. The molecule has 4 atom stereocenters. The average Bonchev–Trinajstić information content (AvgIpc) is 3.65. The molecule has 1 aliphatic heterocycles. The van der Waals surface area contributed by atoms with E-state index in [1.807, 2.05) is 54.6 Å². The topological polar surface area (TPSA) is 118 Å². The molecule has 1 aromatic heterocycles. The van der Waals surface area contributed by atoms with Crippen LogP contribution in [-0.4, -0.2) is 33.5 Å². The van der Waals surface area contributed by atoms with Crippen LogP contribution in [0.4, 0.5) is 5.69 Å². The van der Waals surface area contributed by atoms with E-state index in [4.69, 9.17) is 4.42 Å². The van der Waals surface area contributed by atoms with Crippen LogP contribution in [0.2, 0.25) is 0 Å². The summed E-state index contributed by atoms with van der Waals surface area (Å²) in [6.07, 6.45) is 3.82. The minimum Gasteiger partial charge on any atom is -0.507 e. The number of anilines is 1. The van der Waals surface area contributed by atoms with E-state index >= 15 is 0 Å². The zero-order valence-electron chi connectivity index (χ0n) is 25.2. The number of rotatable bonds is 3. The Kier molecular flexibility index (Phi) is 6.33. The Morgan fingerprint density at radius 3 is 2.38 bits per heavy atom. The number of benzene rings is 4. The van der Waals surface area contributed by atoms with Gasteiger partial charge in [0.05, 0.1) is 22.0 Å². The molecule has 0 bridgehead atoms. The van der Waals surface area contributed by atoms with Gasteiger partial charge in [0.2, 0.25) is 17.7 Å². The van der Waals surface area contributed by atoms with E-state index in [1.54, 1.807) is 36.4 Å². The Balaban J connectivity index is 1.12. The van der Waals surface area contributed by atoms with E-state index in [0.29, 0.717) is 45.7 Å². The summed E-state index contributed by atoms with van der Waals surface area (Å²) >= 11 is 3.29. The number of allylic oxidation sites excluding steroid dienone is 6. The third-order valence-corrected chi connectivity index (χ3v) is 10.8. The van der Waals surface area contributed by atoms with Crippen molar-refractivity contribution >= 4 is 66.9 Å². The minimum absolute atomic E-state index is 0.108. The number of Topliss-reactive ketones (excluding diaryl/α,β-unsaturated/α-hetero) is 1. The Morgan fingerprint density at radius 2 is 1.58 bits per heavy atom. The summed E-state index contributed by atoms with van der Waals surface area (Å²) < 4.78 is 6.08. The summed E-state index contributed by atoms with van der Waals surface area (Å²) in [6.45, 7) is 0. The molecular formula is C39H25BrN2O6. The SMILES string of the molecule is O=C1C=C(Br)C(=O)C2=C1C(c1ccc(O)c3ccccc13)C1=CCC3C(=O)N(c4ccc(-c5nc6ccccc6o5)cc4)C(=O)C3C1C2. The summed E-state index contributed by atoms with van der Waals surface area (Å²) in [4.78, 5) is 61.5. The van der Waals surface area contributed by atoms with Gasteiger partial charge in [0.15, 0.2) is 17.1 Å². The van der Waals surface area contributed by atoms with Crippen LogP contribution in [-0.2, 0) is 19.2 Å². The molecule has 3 aliphatic carbocycles. The Bertz CT molecular complexity index is 2350. The number of imide groups is 1. The molecule has 4 unspecified atom stereocenters. The molecule has 2 heterocycles. The minimum atomic E-state index is -0.707. The Hall–Kier alpha value is -5.41. The van der Waals surface area contributed by atoms with Crippen molar-refractivity contribution in [1.29, 1.82) is 0 Å². The number of hydrogen-bond acceptors (Lipinski definition) is 7. The molecule has 2 amide bonds. The van der Waals surface area contributed by atoms with Crippen molar-refractivity contribution in [3.63, 3.8) is 0 Å². The van der Waals surface area contributed by atoms with Crippen LogP contribution in [0.5, 0.6) is 5.75 Å². The highest BCUT2D eigenvalue weighted by Crippen LogP contribution is 2.56. The molecule has 0 radical (unpaired) electrons. The number of hydrogen-bond donors (Lipinski definition) is 1. The highest BCUT2D eigenvalue weighted by atomic mass is 79.9.